The van der Waals surface area contributed by atoms with Crippen molar-refractivity contribution >= 4 is 17.3 Å². The summed E-state index contributed by atoms with van der Waals surface area (Å²) in [5.74, 6) is 1.02. The van der Waals surface area contributed by atoms with Crippen LogP contribution in [0.3, 0.4) is 0 Å². The van der Waals surface area contributed by atoms with Gasteiger partial charge in [0.1, 0.15) is 29.5 Å². The number of hydrogen-bond acceptors (Lipinski definition) is 7. The fourth-order valence-corrected chi connectivity index (χ4v) is 5.19. The van der Waals surface area contributed by atoms with Gasteiger partial charge in [0.05, 0.1) is 4.88 Å². The van der Waals surface area contributed by atoms with Crippen LogP contribution in [0.25, 0.3) is 0 Å². The van der Waals surface area contributed by atoms with E-state index in [2.05, 4.69) is 4.98 Å². The number of nitrogens with one attached hydrogen (secondary N) is 1. The molecule has 0 aliphatic carbocycles. The predicted molar refractivity (Wildman–Crippen MR) is 142 cm³/mol. The molecule has 37 heavy (non-hydrogen) atoms. The molecular formula is C28H33NO7S. The van der Waals surface area contributed by atoms with Crippen LogP contribution in [-0.4, -0.2) is 39.0 Å². The van der Waals surface area contributed by atoms with Crippen LogP contribution in [0.5, 0.6) is 23.1 Å². The second-order valence-corrected chi connectivity index (χ2v) is 11.4. The third-order valence-electron chi connectivity index (χ3n) is 6.97. The molecule has 1 atom stereocenters. The minimum Gasteiger partial charge on any atom is -0.494 e. The first-order chi connectivity index (χ1) is 17.3. The maximum absolute atomic E-state index is 11.6. The molecule has 9 heteroatoms. The van der Waals surface area contributed by atoms with Gasteiger partial charge in [0, 0.05) is 12.0 Å². The lowest BCUT2D eigenvalue weighted by atomic mass is 9.87. The van der Waals surface area contributed by atoms with E-state index in [-0.39, 0.29) is 10.8 Å². The van der Waals surface area contributed by atoms with Crippen LogP contribution in [0.4, 0.5) is 0 Å². The van der Waals surface area contributed by atoms with Gasteiger partial charge in [-0.15, -0.1) is 0 Å². The molecule has 8 nitrogen and oxygen atoms in total. The average molecular weight is 528 g/mol. The molecule has 1 aromatic heterocycles. The Kier molecular flexibility index (Phi) is 7.03. The van der Waals surface area contributed by atoms with Crippen LogP contribution in [0.2, 0.25) is 0 Å². The van der Waals surface area contributed by atoms with Crippen LogP contribution < -0.4 is 19.1 Å². The zero-order valence-electron chi connectivity index (χ0n) is 22.0. The second kappa shape index (κ2) is 9.78. The number of H-pyrrole nitrogens is 1. The number of carbonyl (C=O) groups is 1. The summed E-state index contributed by atoms with van der Waals surface area (Å²) in [6.45, 7) is 11.3. The lowest BCUT2D eigenvalue weighted by Crippen LogP contribution is -2.43. The normalized spacial score (nSPS) is 17.1. The van der Waals surface area contributed by atoms with E-state index >= 15 is 0 Å². The lowest BCUT2D eigenvalue weighted by Gasteiger charge is -2.38. The van der Waals surface area contributed by atoms with Crippen molar-refractivity contribution in [3.8, 4) is 23.1 Å². The molecular weight excluding hydrogens is 494 g/mol. The van der Waals surface area contributed by atoms with Gasteiger partial charge in [-0.05, 0) is 88.8 Å². The van der Waals surface area contributed by atoms with Gasteiger partial charge in [0.25, 0.3) is 0 Å². The van der Waals surface area contributed by atoms with Gasteiger partial charge in [0.2, 0.25) is 5.88 Å². The highest BCUT2D eigenvalue weighted by Crippen LogP contribution is 2.44. The van der Waals surface area contributed by atoms with Crippen molar-refractivity contribution in [1.29, 1.82) is 0 Å². The molecule has 1 aliphatic rings. The minimum absolute atomic E-state index is 0.0805. The molecule has 3 aromatic rings. The monoisotopic (exact) mass is 527 g/mol. The van der Waals surface area contributed by atoms with Gasteiger partial charge >= 0.3 is 10.8 Å². The van der Waals surface area contributed by atoms with Crippen molar-refractivity contribution in [2.45, 2.75) is 72.0 Å². The molecule has 1 unspecified atom stereocenters. The number of aromatic hydroxyl groups is 1. The molecule has 2 aromatic carbocycles. The number of hydrogen-bond donors (Lipinski definition) is 3. The highest BCUT2D eigenvalue weighted by atomic mass is 32.1. The molecule has 0 amide bonds. The van der Waals surface area contributed by atoms with E-state index in [0.717, 1.165) is 57.7 Å². The lowest BCUT2D eigenvalue weighted by molar-refractivity contribution is -0.152. The van der Waals surface area contributed by atoms with E-state index in [4.69, 9.17) is 14.2 Å². The van der Waals surface area contributed by atoms with E-state index in [1.807, 2.05) is 52.0 Å². The van der Waals surface area contributed by atoms with Crippen molar-refractivity contribution in [3.63, 3.8) is 0 Å². The first kappa shape index (κ1) is 26.6. The molecule has 4 rings (SSSR count). The van der Waals surface area contributed by atoms with Crippen LogP contribution in [0.1, 0.15) is 59.9 Å². The molecule has 0 fully saturated rings. The van der Waals surface area contributed by atoms with E-state index < -0.39 is 17.2 Å². The highest BCUT2D eigenvalue weighted by Gasteiger charge is 2.37. The van der Waals surface area contributed by atoms with Gasteiger partial charge in [0.15, 0.2) is 5.60 Å². The Hall–Kier alpha value is -3.46. The van der Waals surface area contributed by atoms with E-state index in [9.17, 15) is 19.8 Å². The van der Waals surface area contributed by atoms with E-state index in [1.165, 1.54) is 0 Å². The number of aromatic amines is 1. The van der Waals surface area contributed by atoms with Gasteiger partial charge in [-0.3, -0.25) is 9.78 Å². The van der Waals surface area contributed by atoms with Gasteiger partial charge in [-0.25, -0.2) is 4.79 Å². The first-order valence-corrected chi connectivity index (χ1v) is 13.0. The summed E-state index contributed by atoms with van der Waals surface area (Å²) in [6, 6.07) is 7.56. The van der Waals surface area contributed by atoms with Crippen LogP contribution in [-0.2, 0) is 17.6 Å². The third-order valence-corrected chi connectivity index (χ3v) is 7.84. The number of carboxylic acid groups (broad SMARTS) is 1. The van der Waals surface area contributed by atoms with Crippen molar-refractivity contribution < 1.29 is 29.2 Å². The number of aliphatic carboxylic acids is 1. The number of rotatable bonds is 8. The average Bonchev–Trinajstić information content (AvgIpc) is 3.16. The smallest absolute Gasteiger partial charge is 0.347 e. The van der Waals surface area contributed by atoms with Gasteiger partial charge < -0.3 is 24.4 Å². The SMILES string of the molecule is Cc1c(C)c2c(c(C)c1OC(C)(C)C(=O)O)CCC(C)(COc1ccc(Cc3sc(=O)[nH]c3O)cc1)O2. The fraction of sp³-hybridized carbons (Fsp3) is 0.429. The Bertz CT molecular complexity index is 1390. The predicted octanol–water partition coefficient (Wildman–Crippen LogP) is 5.06. The Morgan fingerprint density at radius 1 is 1.16 bits per heavy atom. The quantitative estimate of drug-likeness (QED) is 0.375. The van der Waals surface area contributed by atoms with Crippen molar-refractivity contribution in [2.75, 3.05) is 6.61 Å². The van der Waals surface area contributed by atoms with Crippen molar-refractivity contribution in [1.82, 2.24) is 4.98 Å². The zero-order chi connectivity index (χ0) is 27.1. The van der Waals surface area contributed by atoms with Gasteiger partial charge in [-0.1, -0.05) is 23.5 Å². The molecule has 0 spiro atoms. The molecule has 2 heterocycles. The Balaban J connectivity index is 1.47. The molecule has 0 saturated heterocycles. The van der Waals surface area contributed by atoms with E-state index in [1.54, 1.807) is 13.8 Å². The topological polar surface area (TPSA) is 118 Å². The Morgan fingerprint density at radius 3 is 2.43 bits per heavy atom. The summed E-state index contributed by atoms with van der Waals surface area (Å²) in [5.41, 5.74) is 2.82. The minimum atomic E-state index is -1.34. The Morgan fingerprint density at radius 2 is 1.84 bits per heavy atom. The molecule has 0 saturated carbocycles. The van der Waals surface area contributed by atoms with Crippen LogP contribution in [0, 0.1) is 20.8 Å². The number of ether oxygens (including phenoxy) is 3. The third kappa shape index (κ3) is 5.46. The largest absolute Gasteiger partial charge is 0.494 e. The van der Waals surface area contributed by atoms with Crippen LogP contribution >= 0.6 is 11.3 Å². The summed E-state index contributed by atoms with van der Waals surface area (Å²) in [5, 5.41) is 19.3. The van der Waals surface area contributed by atoms with Crippen molar-refractivity contribution in [3.05, 3.63) is 66.6 Å². The number of aromatic nitrogens is 1. The highest BCUT2D eigenvalue weighted by molar-refractivity contribution is 7.09. The summed E-state index contributed by atoms with van der Waals surface area (Å²) in [6.07, 6.45) is 1.95. The summed E-state index contributed by atoms with van der Waals surface area (Å²) < 4.78 is 18.6. The zero-order valence-corrected chi connectivity index (χ0v) is 22.8. The number of carboxylic acids is 1. The fourth-order valence-electron chi connectivity index (χ4n) is 4.43. The number of thiazole rings is 1. The second-order valence-electron chi connectivity index (χ2n) is 10.4. The Labute approximate surface area is 219 Å². The number of fused-ring (bicyclic) bond motifs is 1. The van der Waals surface area contributed by atoms with Crippen molar-refractivity contribution in [2.24, 2.45) is 0 Å². The van der Waals surface area contributed by atoms with Crippen LogP contribution in [0.15, 0.2) is 29.1 Å². The van der Waals surface area contributed by atoms with E-state index in [0.29, 0.717) is 29.4 Å². The van der Waals surface area contributed by atoms with Gasteiger partial charge in [-0.2, -0.15) is 0 Å². The molecule has 0 bridgehead atoms. The summed E-state index contributed by atoms with van der Waals surface area (Å²) in [7, 11) is 0. The molecule has 3 N–H and O–H groups in total. The maximum atomic E-state index is 11.6. The summed E-state index contributed by atoms with van der Waals surface area (Å²) in [4.78, 5) is 25.7. The molecule has 198 valence electrons. The molecule has 0 radical (unpaired) electrons. The number of benzene rings is 2. The molecule has 1 aliphatic heterocycles. The first-order valence-electron chi connectivity index (χ1n) is 12.2. The standard InChI is InChI=1S/C28H33NO7S/c1-15-16(2)23-20(17(3)22(15)35-27(4,5)25(31)32)11-12-28(6,36-23)14-34-19-9-7-18(8-10-19)13-21-24(30)29-26(33)37-21/h7-10,30H,11-14H2,1-6H3,(H,29,33)(H,31,32). The summed E-state index contributed by atoms with van der Waals surface area (Å²) >= 11 is 1.00. The maximum Gasteiger partial charge on any atom is 0.347 e.